The molecule has 0 aliphatic rings. The van der Waals surface area contributed by atoms with Crippen molar-refractivity contribution in [2.45, 2.75) is 18.7 Å². The molecule has 6 nitrogen and oxygen atoms in total. The number of nitrogens with one attached hydrogen (secondary N) is 1. The van der Waals surface area contributed by atoms with Gasteiger partial charge in [-0.25, -0.2) is 22.2 Å². The summed E-state index contributed by atoms with van der Waals surface area (Å²) in [5, 5.41) is 4.55. The molecule has 3 aromatic rings. The summed E-state index contributed by atoms with van der Waals surface area (Å²) < 4.78 is 53.7. The third-order valence-corrected chi connectivity index (χ3v) is 7.20. The first-order valence-corrected chi connectivity index (χ1v) is 11.4. The van der Waals surface area contributed by atoms with Crippen molar-refractivity contribution in [1.29, 1.82) is 0 Å². The van der Waals surface area contributed by atoms with E-state index in [0.29, 0.717) is 11.3 Å². The molecule has 0 saturated heterocycles. The molecule has 158 valence electrons. The van der Waals surface area contributed by atoms with Gasteiger partial charge in [0.05, 0.1) is 5.69 Å². The van der Waals surface area contributed by atoms with Gasteiger partial charge in [0.25, 0.3) is 5.91 Å². The van der Waals surface area contributed by atoms with Gasteiger partial charge >= 0.3 is 0 Å². The SMILES string of the molecule is CCN(CC)S(=O)(=O)c1cc(C(=O)Nc2nc(-c3ccc(F)cc3)cs2)ccc1F. The van der Waals surface area contributed by atoms with E-state index in [9.17, 15) is 22.0 Å². The first kappa shape index (κ1) is 22.0. The number of carbonyl (C=O) groups is 1. The number of anilines is 1. The second-order valence-corrected chi connectivity index (χ2v) is 9.00. The highest BCUT2D eigenvalue weighted by Gasteiger charge is 2.26. The Labute approximate surface area is 177 Å². The van der Waals surface area contributed by atoms with Crippen molar-refractivity contribution in [3.63, 3.8) is 0 Å². The highest BCUT2D eigenvalue weighted by molar-refractivity contribution is 7.89. The number of sulfonamides is 1. The zero-order valence-corrected chi connectivity index (χ0v) is 17.9. The van der Waals surface area contributed by atoms with Gasteiger partial charge in [-0.15, -0.1) is 11.3 Å². The van der Waals surface area contributed by atoms with E-state index in [1.807, 2.05) is 0 Å². The molecular weight excluding hydrogens is 432 g/mol. The molecule has 30 heavy (non-hydrogen) atoms. The van der Waals surface area contributed by atoms with Gasteiger partial charge < -0.3 is 0 Å². The van der Waals surface area contributed by atoms with E-state index in [-0.39, 0.29) is 29.6 Å². The van der Waals surface area contributed by atoms with Crippen LogP contribution < -0.4 is 5.32 Å². The molecule has 1 N–H and O–H groups in total. The Balaban J connectivity index is 1.84. The fourth-order valence-corrected chi connectivity index (χ4v) is 5.06. The molecule has 3 rings (SSSR count). The topological polar surface area (TPSA) is 79.4 Å². The smallest absolute Gasteiger partial charge is 0.257 e. The zero-order valence-electron chi connectivity index (χ0n) is 16.2. The Morgan fingerprint density at radius 3 is 2.40 bits per heavy atom. The van der Waals surface area contributed by atoms with Crippen molar-refractivity contribution < 1.29 is 22.0 Å². The van der Waals surface area contributed by atoms with Gasteiger partial charge in [0.1, 0.15) is 16.5 Å². The predicted octanol–water partition coefficient (Wildman–Crippen LogP) is 4.37. The first-order chi connectivity index (χ1) is 14.3. The van der Waals surface area contributed by atoms with E-state index in [2.05, 4.69) is 10.3 Å². The molecule has 0 atom stereocenters. The molecule has 0 fully saturated rings. The minimum absolute atomic E-state index is 0.0133. The molecule has 0 aliphatic heterocycles. The van der Waals surface area contributed by atoms with Crippen LogP contribution in [0.5, 0.6) is 0 Å². The van der Waals surface area contributed by atoms with Crippen molar-refractivity contribution in [1.82, 2.24) is 9.29 Å². The Morgan fingerprint density at radius 2 is 1.77 bits per heavy atom. The molecule has 0 unspecified atom stereocenters. The number of halogens is 2. The van der Waals surface area contributed by atoms with Crippen LogP contribution in [0.1, 0.15) is 24.2 Å². The quantitative estimate of drug-likeness (QED) is 0.579. The summed E-state index contributed by atoms with van der Waals surface area (Å²) in [6, 6.07) is 8.94. The van der Waals surface area contributed by atoms with Gasteiger partial charge in [0, 0.05) is 29.6 Å². The molecule has 0 aliphatic carbocycles. The monoisotopic (exact) mass is 451 g/mol. The van der Waals surface area contributed by atoms with Crippen LogP contribution in [-0.2, 0) is 10.0 Å². The molecule has 0 spiro atoms. The molecule has 2 aromatic carbocycles. The average molecular weight is 452 g/mol. The lowest BCUT2D eigenvalue weighted by atomic mass is 10.2. The molecule has 0 saturated carbocycles. The van der Waals surface area contributed by atoms with Crippen molar-refractivity contribution >= 4 is 32.4 Å². The Hall–Kier alpha value is -2.69. The van der Waals surface area contributed by atoms with E-state index in [4.69, 9.17) is 0 Å². The predicted molar refractivity (Wildman–Crippen MR) is 112 cm³/mol. The number of amides is 1. The molecular formula is C20H19F2N3O3S2. The van der Waals surface area contributed by atoms with Crippen LogP contribution >= 0.6 is 11.3 Å². The van der Waals surface area contributed by atoms with Gasteiger partial charge in [-0.2, -0.15) is 4.31 Å². The van der Waals surface area contributed by atoms with Crippen LogP contribution in [0.15, 0.2) is 52.7 Å². The number of nitrogens with zero attached hydrogens (tertiary/aromatic N) is 2. The molecule has 10 heteroatoms. The summed E-state index contributed by atoms with van der Waals surface area (Å²) in [7, 11) is -4.06. The third kappa shape index (κ3) is 4.55. The Morgan fingerprint density at radius 1 is 1.10 bits per heavy atom. The number of thiazole rings is 1. The van der Waals surface area contributed by atoms with E-state index in [1.165, 1.54) is 18.2 Å². The minimum Gasteiger partial charge on any atom is -0.298 e. The van der Waals surface area contributed by atoms with Gasteiger partial charge in [-0.1, -0.05) is 13.8 Å². The van der Waals surface area contributed by atoms with E-state index >= 15 is 0 Å². The van der Waals surface area contributed by atoms with Crippen molar-refractivity contribution in [3.05, 3.63) is 65.0 Å². The van der Waals surface area contributed by atoms with Crippen LogP contribution in [0.3, 0.4) is 0 Å². The third-order valence-electron chi connectivity index (χ3n) is 4.38. The Kier molecular flexibility index (Phi) is 6.59. The van der Waals surface area contributed by atoms with Crippen molar-refractivity contribution in [3.8, 4) is 11.3 Å². The van der Waals surface area contributed by atoms with Crippen molar-refractivity contribution in [2.24, 2.45) is 0 Å². The minimum atomic E-state index is -4.06. The maximum Gasteiger partial charge on any atom is 0.257 e. The number of hydrogen-bond acceptors (Lipinski definition) is 5. The molecule has 0 radical (unpaired) electrons. The van der Waals surface area contributed by atoms with Gasteiger partial charge in [0.15, 0.2) is 5.13 Å². The lowest BCUT2D eigenvalue weighted by Gasteiger charge is -2.19. The molecule has 0 bridgehead atoms. The standard InChI is InChI=1S/C20H19F2N3O3S2/c1-3-25(4-2)30(27,28)18-11-14(7-10-16(18)22)19(26)24-20-23-17(12-29-20)13-5-8-15(21)9-6-13/h5-12H,3-4H2,1-2H3,(H,23,24,26). The normalized spacial score (nSPS) is 11.6. The Bertz CT molecular complexity index is 1160. The van der Waals surface area contributed by atoms with E-state index in [1.54, 1.807) is 31.4 Å². The highest BCUT2D eigenvalue weighted by atomic mass is 32.2. The van der Waals surface area contributed by atoms with Gasteiger partial charge in [0.2, 0.25) is 10.0 Å². The average Bonchev–Trinajstić information content (AvgIpc) is 3.17. The van der Waals surface area contributed by atoms with Gasteiger partial charge in [-0.05, 0) is 42.5 Å². The number of rotatable bonds is 7. The van der Waals surface area contributed by atoms with Crippen LogP contribution in [0.4, 0.5) is 13.9 Å². The summed E-state index contributed by atoms with van der Waals surface area (Å²) in [6.07, 6.45) is 0. The van der Waals surface area contributed by atoms with Crippen LogP contribution in [0, 0.1) is 11.6 Å². The summed E-state index contributed by atoms with van der Waals surface area (Å²) in [4.78, 5) is 16.3. The molecule has 1 aromatic heterocycles. The molecule has 1 heterocycles. The number of carbonyl (C=O) groups excluding carboxylic acids is 1. The largest absolute Gasteiger partial charge is 0.298 e. The fraction of sp³-hybridized carbons (Fsp3) is 0.200. The second-order valence-electron chi connectivity index (χ2n) is 6.23. The number of benzene rings is 2. The lowest BCUT2D eigenvalue weighted by molar-refractivity contribution is 0.102. The highest BCUT2D eigenvalue weighted by Crippen LogP contribution is 2.26. The van der Waals surface area contributed by atoms with E-state index < -0.39 is 26.6 Å². The maximum absolute atomic E-state index is 14.2. The maximum atomic E-state index is 14.2. The van der Waals surface area contributed by atoms with Gasteiger partial charge in [-0.3, -0.25) is 10.1 Å². The van der Waals surface area contributed by atoms with Crippen LogP contribution in [-0.4, -0.2) is 36.7 Å². The summed E-state index contributed by atoms with van der Waals surface area (Å²) in [5.74, 6) is -1.91. The lowest BCUT2D eigenvalue weighted by Crippen LogP contribution is -2.31. The first-order valence-electron chi connectivity index (χ1n) is 9.08. The van der Waals surface area contributed by atoms with Crippen LogP contribution in [0.2, 0.25) is 0 Å². The summed E-state index contributed by atoms with van der Waals surface area (Å²) >= 11 is 1.16. The van der Waals surface area contributed by atoms with E-state index in [0.717, 1.165) is 27.8 Å². The fourth-order valence-electron chi connectivity index (χ4n) is 2.80. The summed E-state index contributed by atoms with van der Waals surface area (Å²) in [6.45, 7) is 3.66. The zero-order chi connectivity index (χ0) is 21.9. The summed E-state index contributed by atoms with van der Waals surface area (Å²) in [5.41, 5.74) is 1.22. The number of hydrogen-bond donors (Lipinski definition) is 1. The number of aromatic nitrogens is 1. The second kappa shape index (κ2) is 8.99. The molecule has 1 amide bonds. The van der Waals surface area contributed by atoms with Crippen molar-refractivity contribution in [2.75, 3.05) is 18.4 Å². The van der Waals surface area contributed by atoms with Crippen LogP contribution in [0.25, 0.3) is 11.3 Å².